The number of rotatable bonds is 9. The molecular weight excluding hydrogens is 544 g/mol. The molecule has 2 aliphatic rings. The van der Waals surface area contributed by atoms with Crippen LogP contribution in [0.25, 0.3) is 0 Å². The summed E-state index contributed by atoms with van der Waals surface area (Å²) >= 11 is 12.4. The van der Waals surface area contributed by atoms with Gasteiger partial charge in [-0.05, 0) is 37.0 Å². The van der Waals surface area contributed by atoms with Gasteiger partial charge in [0, 0.05) is 34.4 Å². The highest BCUT2D eigenvalue weighted by atomic mass is 35.5. The number of primary amides is 1. The lowest BCUT2D eigenvalue weighted by Crippen LogP contribution is -2.48. The van der Waals surface area contributed by atoms with Crippen LogP contribution in [0.15, 0.2) is 47.5 Å². The van der Waals surface area contributed by atoms with Crippen molar-refractivity contribution in [3.63, 3.8) is 0 Å². The Morgan fingerprint density at radius 1 is 1.11 bits per heavy atom. The number of amides is 3. The van der Waals surface area contributed by atoms with Gasteiger partial charge in [0.2, 0.25) is 18.0 Å². The zero-order valence-electron chi connectivity index (χ0n) is 20.0. The number of aliphatic imine (C=N–C) groups is 1. The molecular formula is C26H25Cl2F3N4O3. The zero-order chi connectivity index (χ0) is 27.6. The molecule has 1 heterocycles. The number of benzodiazepines with no additional fused rings is 1. The Kier molecular flexibility index (Phi) is 8.32. The smallest absolute Gasteiger partial charge is 0.369 e. The van der Waals surface area contributed by atoms with E-state index < -0.39 is 54.7 Å². The summed E-state index contributed by atoms with van der Waals surface area (Å²) in [5, 5.41) is 5.80. The van der Waals surface area contributed by atoms with Gasteiger partial charge in [0.05, 0.1) is 16.4 Å². The van der Waals surface area contributed by atoms with E-state index in [1.54, 1.807) is 42.5 Å². The number of fused-ring (bicyclic) bond motifs is 1. The zero-order valence-corrected chi connectivity index (χ0v) is 21.5. The Morgan fingerprint density at radius 2 is 1.79 bits per heavy atom. The molecule has 7 nitrogen and oxygen atoms in total. The van der Waals surface area contributed by atoms with Crippen LogP contribution >= 0.6 is 23.2 Å². The second-order valence-corrected chi connectivity index (χ2v) is 10.3. The lowest BCUT2D eigenvalue weighted by molar-refractivity contribution is -0.146. The lowest BCUT2D eigenvalue weighted by Gasteiger charge is -2.26. The van der Waals surface area contributed by atoms with Crippen molar-refractivity contribution in [3.8, 4) is 0 Å². The average Bonchev–Trinajstić information content (AvgIpc) is 3.67. The molecule has 202 valence electrons. The molecule has 0 spiro atoms. The van der Waals surface area contributed by atoms with Crippen LogP contribution in [0.4, 0.5) is 18.9 Å². The highest BCUT2D eigenvalue weighted by Crippen LogP contribution is 2.39. The van der Waals surface area contributed by atoms with E-state index in [0.29, 0.717) is 21.9 Å². The molecule has 0 aromatic heterocycles. The maximum absolute atomic E-state index is 13.4. The molecule has 38 heavy (non-hydrogen) atoms. The molecule has 2 aromatic carbocycles. The number of hydrogen-bond donors (Lipinski definition) is 3. The maximum atomic E-state index is 13.4. The Morgan fingerprint density at radius 3 is 2.39 bits per heavy atom. The van der Waals surface area contributed by atoms with Crippen molar-refractivity contribution in [3.05, 3.63) is 63.6 Å². The number of benzene rings is 2. The number of halogens is 5. The molecule has 3 atom stereocenters. The Balaban J connectivity index is 1.69. The number of carbonyl (C=O) groups excluding carboxylic acids is 3. The van der Waals surface area contributed by atoms with Crippen molar-refractivity contribution in [1.29, 1.82) is 0 Å². The van der Waals surface area contributed by atoms with Crippen LogP contribution in [0.2, 0.25) is 10.0 Å². The monoisotopic (exact) mass is 568 g/mol. The molecule has 0 unspecified atom stereocenters. The third kappa shape index (κ3) is 6.85. The van der Waals surface area contributed by atoms with E-state index in [0.717, 1.165) is 12.8 Å². The molecule has 1 aliphatic carbocycles. The first-order chi connectivity index (χ1) is 17.9. The van der Waals surface area contributed by atoms with Crippen molar-refractivity contribution < 1.29 is 27.6 Å². The summed E-state index contributed by atoms with van der Waals surface area (Å²) in [6.45, 7) is 0. The van der Waals surface area contributed by atoms with E-state index in [1.807, 2.05) is 0 Å². The maximum Gasteiger partial charge on any atom is 0.389 e. The largest absolute Gasteiger partial charge is 0.389 e. The molecule has 4 rings (SSSR count). The van der Waals surface area contributed by atoms with Gasteiger partial charge in [-0.15, -0.1) is 0 Å². The van der Waals surface area contributed by atoms with E-state index in [4.69, 9.17) is 28.9 Å². The molecule has 4 N–H and O–H groups in total. The predicted molar refractivity (Wildman–Crippen MR) is 138 cm³/mol. The summed E-state index contributed by atoms with van der Waals surface area (Å²) in [4.78, 5) is 43.2. The number of hydrogen-bond acceptors (Lipinski definition) is 4. The highest BCUT2D eigenvalue weighted by Gasteiger charge is 2.41. The molecule has 1 saturated carbocycles. The molecule has 1 fully saturated rings. The summed E-state index contributed by atoms with van der Waals surface area (Å²) < 4.78 is 39.3. The summed E-state index contributed by atoms with van der Waals surface area (Å²) in [6, 6.07) is 11.5. The summed E-state index contributed by atoms with van der Waals surface area (Å²) in [5.41, 5.74) is 7.13. The summed E-state index contributed by atoms with van der Waals surface area (Å²) in [7, 11) is 0. The Labute approximate surface area is 227 Å². The molecule has 0 bridgehead atoms. The summed E-state index contributed by atoms with van der Waals surface area (Å²) in [5.74, 6) is -4.87. The summed E-state index contributed by atoms with van der Waals surface area (Å²) in [6.07, 6.45) is -6.15. The topological polar surface area (TPSA) is 114 Å². The lowest BCUT2D eigenvalue weighted by atomic mass is 9.83. The number of nitrogens with zero attached hydrogens (tertiary/aromatic N) is 1. The minimum Gasteiger partial charge on any atom is -0.369 e. The first-order valence-electron chi connectivity index (χ1n) is 12.0. The molecule has 2 aromatic rings. The van der Waals surface area contributed by atoms with Crippen molar-refractivity contribution in [1.82, 2.24) is 5.32 Å². The Hall–Kier alpha value is -3.11. The first kappa shape index (κ1) is 27.9. The normalized spacial score (nSPS) is 18.9. The molecule has 3 amide bonds. The van der Waals surface area contributed by atoms with Crippen LogP contribution in [-0.2, 0) is 14.4 Å². The van der Waals surface area contributed by atoms with Gasteiger partial charge >= 0.3 is 6.18 Å². The number of para-hydroxylation sites is 1. The number of nitrogens with one attached hydrogen (secondary N) is 2. The second-order valence-electron chi connectivity index (χ2n) is 9.50. The third-order valence-electron chi connectivity index (χ3n) is 6.63. The second kappa shape index (κ2) is 11.3. The van der Waals surface area contributed by atoms with Gasteiger partial charge in [-0.25, -0.2) is 4.99 Å². The quantitative estimate of drug-likeness (QED) is 0.391. The van der Waals surface area contributed by atoms with E-state index >= 15 is 0 Å². The van der Waals surface area contributed by atoms with Crippen LogP contribution in [-0.4, -0.2) is 35.8 Å². The molecule has 0 saturated heterocycles. The Bertz CT molecular complexity index is 1260. The minimum absolute atomic E-state index is 0.126. The first-order valence-corrected chi connectivity index (χ1v) is 12.8. The van der Waals surface area contributed by atoms with Crippen LogP contribution < -0.4 is 16.4 Å². The van der Waals surface area contributed by atoms with Crippen LogP contribution in [0.5, 0.6) is 0 Å². The van der Waals surface area contributed by atoms with Gasteiger partial charge < -0.3 is 16.4 Å². The van der Waals surface area contributed by atoms with Gasteiger partial charge in [0.1, 0.15) is 0 Å². The van der Waals surface area contributed by atoms with Crippen molar-refractivity contribution in [2.45, 2.75) is 44.4 Å². The van der Waals surface area contributed by atoms with Gasteiger partial charge in [-0.1, -0.05) is 60.3 Å². The van der Waals surface area contributed by atoms with E-state index in [9.17, 15) is 27.6 Å². The van der Waals surface area contributed by atoms with E-state index in [-0.39, 0.29) is 23.0 Å². The number of alkyl halides is 3. The number of nitrogens with two attached hydrogens (primary N) is 1. The molecule has 12 heteroatoms. The fourth-order valence-electron chi connectivity index (χ4n) is 4.50. The van der Waals surface area contributed by atoms with Crippen LogP contribution in [0.3, 0.4) is 0 Å². The van der Waals surface area contributed by atoms with Crippen molar-refractivity contribution in [2.24, 2.45) is 28.5 Å². The molecule has 1 aliphatic heterocycles. The molecule has 0 radical (unpaired) electrons. The fraction of sp³-hybridized carbons (Fsp3) is 0.385. The van der Waals surface area contributed by atoms with Crippen LogP contribution in [0, 0.1) is 17.8 Å². The van der Waals surface area contributed by atoms with E-state index in [1.165, 1.54) is 0 Å². The third-order valence-corrected chi connectivity index (χ3v) is 7.20. The van der Waals surface area contributed by atoms with Crippen molar-refractivity contribution >= 4 is 52.3 Å². The standard InChI is InChI=1S/C26H25Cl2F3N4O3/c27-15-8-6-14(7-9-15)20-17-2-1-3-19(28)21(17)34-25(38)23(33-20)35-24(37)16(10-11-26(29,30)31)18(22(32)36)12-13-4-5-13/h1-3,6-9,13,16,18,23H,4-5,10-12H2,(H2,32,36)(H,34,38)(H,35,37)/t16-,18+,23-/m1/s1. The van der Waals surface area contributed by atoms with Gasteiger partial charge in [0.15, 0.2) is 0 Å². The minimum atomic E-state index is -4.54. The van der Waals surface area contributed by atoms with Crippen molar-refractivity contribution in [2.75, 3.05) is 5.32 Å². The van der Waals surface area contributed by atoms with Gasteiger partial charge in [-0.2, -0.15) is 13.2 Å². The van der Waals surface area contributed by atoms with Gasteiger partial charge in [-0.3, -0.25) is 14.4 Å². The highest BCUT2D eigenvalue weighted by molar-refractivity contribution is 6.36. The number of anilines is 1. The van der Waals surface area contributed by atoms with Crippen LogP contribution in [0.1, 0.15) is 43.2 Å². The predicted octanol–water partition coefficient (Wildman–Crippen LogP) is 5.09. The van der Waals surface area contributed by atoms with Gasteiger partial charge in [0.25, 0.3) is 5.91 Å². The average molecular weight is 569 g/mol. The fourth-order valence-corrected chi connectivity index (χ4v) is 4.85. The SMILES string of the molecule is NC(=O)[C@@H](CC1CC1)[C@@H](CCC(F)(F)F)C(=O)N[C@H]1N=C(c2ccc(Cl)cc2)c2cccc(Cl)c2NC1=O. The number of carbonyl (C=O) groups is 3. The van der Waals surface area contributed by atoms with E-state index in [2.05, 4.69) is 15.6 Å².